The van der Waals surface area contributed by atoms with Crippen LogP contribution in [0.25, 0.3) is 11.5 Å². The van der Waals surface area contributed by atoms with Crippen molar-refractivity contribution in [1.82, 2.24) is 10.3 Å². The van der Waals surface area contributed by atoms with E-state index in [0.29, 0.717) is 17.9 Å². The van der Waals surface area contributed by atoms with Gasteiger partial charge in [-0.1, -0.05) is 18.9 Å². The van der Waals surface area contributed by atoms with Gasteiger partial charge < -0.3 is 15.1 Å². The summed E-state index contributed by atoms with van der Waals surface area (Å²) in [5, 5.41) is 6.56. The third kappa shape index (κ3) is 3.08. The zero-order valence-electron chi connectivity index (χ0n) is 13.9. The standard InChI is InChI=1S/C19H23N3O2/c1-12-11-24-19(20-12)14-6-4-7-15(9-14)21-18(23)17-10-13-5-2-3-8-16(13)22-17/h4,6-7,9,11,13,16-17,22H,2-3,5,8,10H2,1H3,(H,21,23). The lowest BCUT2D eigenvalue weighted by Crippen LogP contribution is -2.39. The van der Waals surface area contributed by atoms with Gasteiger partial charge in [0.15, 0.2) is 0 Å². The molecule has 126 valence electrons. The Balaban J connectivity index is 1.44. The van der Waals surface area contributed by atoms with E-state index in [0.717, 1.165) is 23.4 Å². The van der Waals surface area contributed by atoms with Gasteiger partial charge in [0, 0.05) is 17.3 Å². The highest BCUT2D eigenvalue weighted by molar-refractivity contribution is 5.95. The van der Waals surface area contributed by atoms with E-state index in [9.17, 15) is 4.79 Å². The fraction of sp³-hybridized carbons (Fsp3) is 0.474. The Labute approximate surface area is 141 Å². The Morgan fingerprint density at radius 2 is 2.21 bits per heavy atom. The number of benzene rings is 1. The topological polar surface area (TPSA) is 67.2 Å². The van der Waals surface area contributed by atoms with Gasteiger partial charge in [-0.3, -0.25) is 4.79 Å². The van der Waals surface area contributed by atoms with Crippen LogP contribution in [0.15, 0.2) is 34.9 Å². The van der Waals surface area contributed by atoms with Crippen LogP contribution in [0.5, 0.6) is 0 Å². The Morgan fingerprint density at radius 3 is 3.00 bits per heavy atom. The van der Waals surface area contributed by atoms with Crippen LogP contribution in [0.3, 0.4) is 0 Å². The molecule has 1 amide bonds. The molecule has 2 aromatic rings. The highest BCUT2D eigenvalue weighted by Gasteiger charge is 2.38. The van der Waals surface area contributed by atoms with E-state index in [1.165, 1.54) is 25.7 Å². The summed E-state index contributed by atoms with van der Waals surface area (Å²) < 4.78 is 5.44. The van der Waals surface area contributed by atoms with Crippen molar-refractivity contribution in [3.63, 3.8) is 0 Å². The van der Waals surface area contributed by atoms with Gasteiger partial charge in [-0.2, -0.15) is 0 Å². The molecule has 2 N–H and O–H groups in total. The van der Waals surface area contributed by atoms with Gasteiger partial charge in [0.05, 0.1) is 11.7 Å². The van der Waals surface area contributed by atoms with Gasteiger partial charge in [-0.25, -0.2) is 4.98 Å². The number of fused-ring (bicyclic) bond motifs is 1. The minimum absolute atomic E-state index is 0.0603. The summed E-state index contributed by atoms with van der Waals surface area (Å²) in [5.74, 6) is 1.30. The van der Waals surface area contributed by atoms with E-state index in [2.05, 4.69) is 15.6 Å². The van der Waals surface area contributed by atoms with Crippen molar-refractivity contribution in [2.75, 3.05) is 5.32 Å². The summed E-state index contributed by atoms with van der Waals surface area (Å²) in [6.45, 7) is 1.89. The molecule has 2 heterocycles. The molecule has 5 heteroatoms. The van der Waals surface area contributed by atoms with Gasteiger partial charge in [0.1, 0.15) is 6.26 Å². The number of nitrogens with zero attached hydrogens (tertiary/aromatic N) is 1. The van der Waals surface area contributed by atoms with Crippen molar-refractivity contribution in [3.05, 3.63) is 36.2 Å². The molecule has 2 aliphatic rings. The van der Waals surface area contributed by atoms with Crippen molar-refractivity contribution in [1.29, 1.82) is 0 Å². The van der Waals surface area contributed by atoms with Gasteiger partial charge in [0.2, 0.25) is 11.8 Å². The van der Waals surface area contributed by atoms with E-state index in [1.54, 1.807) is 6.26 Å². The highest BCUT2D eigenvalue weighted by atomic mass is 16.3. The molecule has 0 bridgehead atoms. The average molecular weight is 325 g/mol. The van der Waals surface area contributed by atoms with E-state index in [4.69, 9.17) is 4.42 Å². The second kappa shape index (κ2) is 6.40. The summed E-state index contributed by atoms with van der Waals surface area (Å²) in [6.07, 6.45) is 7.61. The van der Waals surface area contributed by atoms with Crippen molar-refractivity contribution in [3.8, 4) is 11.5 Å². The quantitative estimate of drug-likeness (QED) is 0.906. The number of hydrogen-bond donors (Lipinski definition) is 2. The fourth-order valence-electron chi connectivity index (χ4n) is 3.97. The number of aromatic nitrogens is 1. The number of oxazole rings is 1. The smallest absolute Gasteiger partial charge is 0.241 e. The molecule has 2 fully saturated rings. The normalized spacial score (nSPS) is 26.1. The molecule has 0 spiro atoms. The molecule has 5 nitrogen and oxygen atoms in total. The number of hydrogen-bond acceptors (Lipinski definition) is 4. The van der Waals surface area contributed by atoms with E-state index >= 15 is 0 Å². The molecule has 1 saturated carbocycles. The van der Waals surface area contributed by atoms with Gasteiger partial charge in [-0.15, -0.1) is 0 Å². The van der Waals surface area contributed by atoms with Crippen molar-refractivity contribution in [2.24, 2.45) is 5.92 Å². The third-order valence-electron chi connectivity index (χ3n) is 5.18. The van der Waals surface area contributed by atoms with E-state index in [-0.39, 0.29) is 11.9 Å². The van der Waals surface area contributed by atoms with Gasteiger partial charge in [0.25, 0.3) is 0 Å². The zero-order valence-corrected chi connectivity index (χ0v) is 13.9. The third-order valence-corrected chi connectivity index (χ3v) is 5.18. The summed E-state index contributed by atoms with van der Waals surface area (Å²) >= 11 is 0. The lowest BCUT2D eigenvalue weighted by Gasteiger charge is -2.24. The van der Waals surface area contributed by atoms with Gasteiger partial charge in [-0.05, 0) is 50.3 Å². The first kappa shape index (κ1) is 15.4. The predicted octanol–water partition coefficient (Wildman–Crippen LogP) is 3.51. The van der Waals surface area contributed by atoms with Crippen molar-refractivity contribution >= 4 is 11.6 Å². The molecule has 1 aliphatic carbocycles. The van der Waals surface area contributed by atoms with Crippen molar-refractivity contribution < 1.29 is 9.21 Å². The average Bonchev–Trinajstić information content (AvgIpc) is 3.21. The number of nitrogens with one attached hydrogen (secondary N) is 2. The van der Waals surface area contributed by atoms with Crippen LogP contribution in [-0.4, -0.2) is 23.0 Å². The first-order valence-electron chi connectivity index (χ1n) is 8.78. The van der Waals surface area contributed by atoms with Gasteiger partial charge >= 0.3 is 0 Å². The number of carbonyl (C=O) groups is 1. The molecule has 24 heavy (non-hydrogen) atoms. The maximum atomic E-state index is 12.6. The van der Waals surface area contributed by atoms with Crippen LogP contribution < -0.4 is 10.6 Å². The largest absolute Gasteiger partial charge is 0.444 e. The van der Waals surface area contributed by atoms with Crippen LogP contribution in [0.1, 0.15) is 37.8 Å². The van der Waals surface area contributed by atoms with E-state index < -0.39 is 0 Å². The fourth-order valence-corrected chi connectivity index (χ4v) is 3.97. The van der Waals surface area contributed by atoms with Crippen LogP contribution in [0.2, 0.25) is 0 Å². The van der Waals surface area contributed by atoms with Crippen LogP contribution >= 0.6 is 0 Å². The van der Waals surface area contributed by atoms with Crippen molar-refractivity contribution in [2.45, 2.75) is 51.1 Å². The Bertz CT molecular complexity index is 726. The molecule has 1 aromatic carbocycles. The number of amides is 1. The molecular weight excluding hydrogens is 302 g/mol. The first-order chi connectivity index (χ1) is 11.7. The Hall–Kier alpha value is -2.14. The Morgan fingerprint density at radius 1 is 1.33 bits per heavy atom. The predicted molar refractivity (Wildman–Crippen MR) is 92.6 cm³/mol. The summed E-state index contributed by atoms with van der Waals surface area (Å²) in [6, 6.07) is 8.10. The highest BCUT2D eigenvalue weighted by Crippen LogP contribution is 2.33. The number of rotatable bonds is 3. The minimum Gasteiger partial charge on any atom is -0.444 e. The second-order valence-corrected chi connectivity index (χ2v) is 6.97. The number of carbonyl (C=O) groups excluding carboxylic acids is 1. The molecular formula is C19H23N3O2. The molecule has 4 rings (SSSR count). The summed E-state index contributed by atoms with van der Waals surface area (Å²) in [4.78, 5) is 16.9. The summed E-state index contributed by atoms with van der Waals surface area (Å²) in [7, 11) is 0. The molecule has 1 aliphatic heterocycles. The first-order valence-corrected chi connectivity index (χ1v) is 8.78. The van der Waals surface area contributed by atoms with E-state index in [1.807, 2.05) is 31.2 Å². The minimum atomic E-state index is -0.0780. The number of aryl methyl sites for hydroxylation is 1. The maximum absolute atomic E-state index is 12.6. The molecule has 3 atom stereocenters. The molecule has 1 saturated heterocycles. The maximum Gasteiger partial charge on any atom is 0.241 e. The number of anilines is 1. The lowest BCUT2D eigenvalue weighted by atomic mass is 9.85. The molecule has 1 aromatic heterocycles. The second-order valence-electron chi connectivity index (χ2n) is 6.97. The molecule has 0 radical (unpaired) electrons. The monoisotopic (exact) mass is 325 g/mol. The summed E-state index contributed by atoms with van der Waals surface area (Å²) in [5.41, 5.74) is 2.50. The van der Waals surface area contributed by atoms with Crippen LogP contribution in [-0.2, 0) is 4.79 Å². The SMILES string of the molecule is Cc1coc(-c2cccc(NC(=O)C3CC4CCCCC4N3)c2)n1. The van der Waals surface area contributed by atoms with Crippen LogP contribution in [0, 0.1) is 12.8 Å². The Kier molecular flexibility index (Phi) is 4.10. The lowest BCUT2D eigenvalue weighted by molar-refractivity contribution is -0.117. The zero-order chi connectivity index (χ0) is 16.5. The molecule has 3 unspecified atom stereocenters. The van der Waals surface area contributed by atoms with Crippen LogP contribution in [0.4, 0.5) is 5.69 Å².